The summed E-state index contributed by atoms with van der Waals surface area (Å²) in [7, 11) is 6.92. The summed E-state index contributed by atoms with van der Waals surface area (Å²) >= 11 is 0. The number of methoxy groups -OCH3 is 2. The molecule has 2 N–H and O–H groups in total. The lowest BCUT2D eigenvalue weighted by Crippen LogP contribution is -2.39. The number of nitrogens with one attached hydrogen (secondary N) is 1. The lowest BCUT2D eigenvalue weighted by molar-refractivity contribution is 0.185. The van der Waals surface area contributed by atoms with E-state index in [1.165, 1.54) is 6.33 Å². The van der Waals surface area contributed by atoms with Gasteiger partial charge in [0.2, 0.25) is 0 Å². The van der Waals surface area contributed by atoms with Crippen LogP contribution in [0.1, 0.15) is 24.4 Å². The Morgan fingerprint density at radius 3 is 2.48 bits per heavy atom. The highest BCUT2D eigenvalue weighted by Crippen LogP contribution is 2.26. The van der Waals surface area contributed by atoms with Crippen LogP contribution in [0.4, 0.5) is 0 Å². The third kappa shape index (κ3) is 5.58. The van der Waals surface area contributed by atoms with Gasteiger partial charge in [0.05, 0.1) is 33.4 Å². The lowest BCUT2D eigenvalue weighted by Gasteiger charge is -2.22. The van der Waals surface area contributed by atoms with E-state index in [1.807, 2.05) is 25.9 Å². The van der Waals surface area contributed by atoms with Crippen molar-refractivity contribution in [2.24, 2.45) is 12.0 Å². The fourth-order valence-corrected chi connectivity index (χ4v) is 2.52. The van der Waals surface area contributed by atoms with Gasteiger partial charge in [-0.3, -0.25) is 9.67 Å². The fourth-order valence-electron chi connectivity index (χ4n) is 2.52. The van der Waals surface area contributed by atoms with Gasteiger partial charge in [0.25, 0.3) is 0 Å². The van der Waals surface area contributed by atoms with Gasteiger partial charge < -0.3 is 24.8 Å². The van der Waals surface area contributed by atoms with Crippen LogP contribution in [0.5, 0.6) is 11.5 Å². The van der Waals surface area contributed by atoms with Gasteiger partial charge in [-0.25, -0.2) is 4.98 Å². The summed E-state index contributed by atoms with van der Waals surface area (Å²) in [6, 6.07) is 5.32. The maximum atomic E-state index is 10.6. The van der Waals surface area contributed by atoms with Crippen molar-refractivity contribution in [3.8, 4) is 11.5 Å². The maximum absolute atomic E-state index is 10.6. The Bertz CT molecular complexity index is 739. The highest BCUT2D eigenvalue weighted by atomic mass is 16.5. The van der Waals surface area contributed by atoms with E-state index in [9.17, 15) is 5.11 Å². The van der Waals surface area contributed by atoms with Crippen molar-refractivity contribution in [2.75, 3.05) is 34.4 Å². The Morgan fingerprint density at radius 2 is 1.96 bits per heavy atom. The first-order valence-electron chi connectivity index (χ1n) is 8.71. The molecular weight excluding hydrogens is 348 g/mol. The zero-order chi connectivity index (χ0) is 19.8. The van der Waals surface area contributed by atoms with Crippen molar-refractivity contribution >= 4 is 5.96 Å². The molecule has 1 heterocycles. The molecule has 0 saturated carbocycles. The van der Waals surface area contributed by atoms with E-state index in [0.717, 1.165) is 5.82 Å². The largest absolute Gasteiger partial charge is 0.497 e. The second-order valence-electron chi connectivity index (χ2n) is 6.01. The van der Waals surface area contributed by atoms with Gasteiger partial charge in [0, 0.05) is 26.7 Å². The molecule has 0 spiro atoms. The molecule has 0 saturated heterocycles. The van der Waals surface area contributed by atoms with Gasteiger partial charge in [0.15, 0.2) is 5.96 Å². The van der Waals surface area contributed by atoms with Crippen molar-refractivity contribution in [3.05, 3.63) is 35.9 Å². The van der Waals surface area contributed by atoms with Gasteiger partial charge in [0.1, 0.15) is 23.7 Å². The highest BCUT2D eigenvalue weighted by molar-refractivity contribution is 5.79. The van der Waals surface area contributed by atoms with Crippen LogP contribution in [0.3, 0.4) is 0 Å². The maximum Gasteiger partial charge on any atom is 0.194 e. The number of aliphatic hydroxyl groups excluding tert-OH is 1. The Kier molecular flexibility index (Phi) is 7.42. The SMILES string of the molecule is CCNC(=NCC(O)c1cc(OC)cc(OC)c1)N(C)Cc1ncnn1C. The molecular formula is C18H28N6O3. The number of hydrogen-bond donors (Lipinski definition) is 2. The third-order valence-electron chi connectivity index (χ3n) is 4.05. The summed E-state index contributed by atoms with van der Waals surface area (Å²) in [4.78, 5) is 10.7. The predicted octanol–water partition coefficient (Wildman–Crippen LogP) is 0.963. The average molecular weight is 376 g/mol. The first-order valence-corrected chi connectivity index (χ1v) is 8.71. The molecule has 9 heteroatoms. The quantitative estimate of drug-likeness (QED) is 0.523. The van der Waals surface area contributed by atoms with E-state index in [2.05, 4.69) is 20.4 Å². The molecule has 0 bridgehead atoms. The van der Waals surface area contributed by atoms with E-state index < -0.39 is 6.10 Å². The van der Waals surface area contributed by atoms with Crippen LogP contribution < -0.4 is 14.8 Å². The van der Waals surface area contributed by atoms with Crippen LogP contribution in [0.15, 0.2) is 29.5 Å². The van der Waals surface area contributed by atoms with Crippen molar-refractivity contribution < 1.29 is 14.6 Å². The van der Waals surface area contributed by atoms with Crippen molar-refractivity contribution in [2.45, 2.75) is 19.6 Å². The van der Waals surface area contributed by atoms with E-state index in [4.69, 9.17) is 9.47 Å². The highest BCUT2D eigenvalue weighted by Gasteiger charge is 2.14. The van der Waals surface area contributed by atoms with E-state index in [1.54, 1.807) is 37.1 Å². The number of benzene rings is 1. The van der Waals surface area contributed by atoms with Gasteiger partial charge in [-0.1, -0.05) is 0 Å². The minimum Gasteiger partial charge on any atom is -0.497 e. The summed E-state index contributed by atoms with van der Waals surface area (Å²) in [5, 5.41) is 17.9. The van der Waals surface area contributed by atoms with E-state index in [-0.39, 0.29) is 6.54 Å². The van der Waals surface area contributed by atoms with Crippen LogP contribution in [-0.2, 0) is 13.6 Å². The predicted molar refractivity (Wildman–Crippen MR) is 103 cm³/mol. The minimum absolute atomic E-state index is 0.196. The average Bonchev–Trinajstić information content (AvgIpc) is 3.08. The summed E-state index contributed by atoms with van der Waals surface area (Å²) in [5.41, 5.74) is 0.682. The molecule has 1 atom stereocenters. The first kappa shape index (κ1) is 20.5. The van der Waals surface area contributed by atoms with Crippen LogP contribution in [-0.4, -0.2) is 65.1 Å². The Labute approximate surface area is 159 Å². The number of rotatable bonds is 8. The number of aromatic nitrogens is 3. The van der Waals surface area contributed by atoms with Gasteiger partial charge >= 0.3 is 0 Å². The van der Waals surface area contributed by atoms with Gasteiger partial charge in [-0.2, -0.15) is 5.10 Å². The van der Waals surface area contributed by atoms with Gasteiger partial charge in [-0.05, 0) is 24.6 Å². The van der Waals surface area contributed by atoms with Crippen molar-refractivity contribution in [1.29, 1.82) is 0 Å². The van der Waals surface area contributed by atoms with Crippen LogP contribution in [0.25, 0.3) is 0 Å². The number of ether oxygens (including phenoxy) is 2. The molecule has 0 aliphatic heterocycles. The van der Waals surface area contributed by atoms with E-state index >= 15 is 0 Å². The summed E-state index contributed by atoms with van der Waals surface area (Å²) in [6.07, 6.45) is 0.735. The Morgan fingerprint density at radius 1 is 1.30 bits per heavy atom. The molecule has 0 aliphatic rings. The monoisotopic (exact) mass is 376 g/mol. The van der Waals surface area contributed by atoms with E-state index in [0.29, 0.717) is 36.1 Å². The fraction of sp³-hybridized carbons (Fsp3) is 0.500. The van der Waals surface area contributed by atoms with Gasteiger partial charge in [-0.15, -0.1) is 0 Å². The molecule has 0 radical (unpaired) electrons. The number of aliphatic imine (C=N–C) groups is 1. The second kappa shape index (κ2) is 9.77. The first-order chi connectivity index (χ1) is 13.0. The molecule has 1 aromatic carbocycles. The number of guanidine groups is 1. The normalized spacial score (nSPS) is 12.6. The minimum atomic E-state index is -0.786. The standard InChI is InChI=1S/C18H28N6O3/c1-6-19-18(23(2)11-17-21-12-22-24(17)3)20-10-16(25)13-7-14(26-4)9-15(8-13)27-5/h7-9,12,16,25H,6,10-11H2,1-5H3,(H,19,20). The van der Waals surface area contributed by atoms with Crippen molar-refractivity contribution in [3.63, 3.8) is 0 Å². The third-order valence-corrected chi connectivity index (χ3v) is 4.05. The molecule has 1 unspecified atom stereocenters. The number of aliphatic hydroxyl groups is 1. The molecule has 0 fully saturated rings. The summed E-state index contributed by atoms with van der Waals surface area (Å²) in [6.45, 7) is 3.45. The zero-order valence-electron chi connectivity index (χ0n) is 16.5. The molecule has 0 amide bonds. The van der Waals surface area contributed by atoms with Crippen molar-refractivity contribution in [1.82, 2.24) is 25.0 Å². The molecule has 2 rings (SSSR count). The molecule has 27 heavy (non-hydrogen) atoms. The van der Waals surface area contributed by atoms with Crippen LogP contribution >= 0.6 is 0 Å². The Balaban J connectivity index is 2.12. The summed E-state index contributed by atoms with van der Waals surface area (Å²) < 4.78 is 12.2. The smallest absolute Gasteiger partial charge is 0.194 e. The number of aryl methyl sites for hydroxylation is 1. The molecule has 148 valence electrons. The second-order valence-corrected chi connectivity index (χ2v) is 6.01. The zero-order valence-corrected chi connectivity index (χ0v) is 16.5. The lowest BCUT2D eigenvalue weighted by atomic mass is 10.1. The molecule has 1 aromatic heterocycles. The Hall–Kier alpha value is -2.81. The summed E-state index contributed by atoms with van der Waals surface area (Å²) in [5.74, 6) is 2.74. The molecule has 2 aromatic rings. The molecule has 0 aliphatic carbocycles. The number of nitrogens with zero attached hydrogens (tertiary/aromatic N) is 5. The topological polar surface area (TPSA) is 97.0 Å². The van der Waals surface area contributed by atoms with Crippen LogP contribution in [0.2, 0.25) is 0 Å². The van der Waals surface area contributed by atoms with Crippen LogP contribution in [0, 0.1) is 0 Å². The number of hydrogen-bond acceptors (Lipinski definition) is 6. The molecule has 9 nitrogen and oxygen atoms in total.